The Balaban J connectivity index is 1.65. The molecule has 0 saturated carbocycles. The van der Waals surface area contributed by atoms with E-state index in [1.165, 1.54) is 22.5 Å². The van der Waals surface area contributed by atoms with Crippen molar-refractivity contribution in [1.82, 2.24) is 4.98 Å². The minimum Gasteiger partial charge on any atom is -0.484 e. The summed E-state index contributed by atoms with van der Waals surface area (Å²) in [5.41, 5.74) is 3.42. The van der Waals surface area contributed by atoms with Gasteiger partial charge in [-0.3, -0.25) is 10.1 Å². The maximum atomic E-state index is 12.2. The maximum Gasteiger partial charge on any atom is 0.264 e. The molecule has 1 amide bonds. The third kappa shape index (κ3) is 4.41. The van der Waals surface area contributed by atoms with Crippen LogP contribution in [0.25, 0.3) is 10.2 Å². The van der Waals surface area contributed by atoms with Gasteiger partial charge in [0.2, 0.25) is 0 Å². The Morgan fingerprint density at radius 2 is 2.00 bits per heavy atom. The maximum absolute atomic E-state index is 12.2. The van der Waals surface area contributed by atoms with E-state index >= 15 is 0 Å². The summed E-state index contributed by atoms with van der Waals surface area (Å²) in [7, 11) is 0. The van der Waals surface area contributed by atoms with Crippen LogP contribution in [0.1, 0.15) is 38.8 Å². The van der Waals surface area contributed by atoms with E-state index in [0.717, 1.165) is 16.6 Å². The molecule has 0 unspecified atom stereocenters. The molecule has 0 aliphatic rings. The van der Waals surface area contributed by atoms with Gasteiger partial charge < -0.3 is 4.74 Å². The number of anilines is 1. The predicted octanol–water partition coefficient (Wildman–Crippen LogP) is 5.17. The number of thiazole rings is 1. The molecule has 0 aliphatic heterocycles. The molecule has 26 heavy (non-hydrogen) atoms. The van der Waals surface area contributed by atoms with E-state index in [1.54, 1.807) is 0 Å². The standard InChI is InChI=1S/C21H24N2O2S/c1-5-14-7-6-8-16(11-14)25-13-19(24)23-20-22-17-10-9-15(21(2,3)4)12-18(17)26-20/h6-12H,5,13H2,1-4H3,(H,22,23,24). The van der Waals surface area contributed by atoms with E-state index in [-0.39, 0.29) is 17.9 Å². The second-order valence-electron chi connectivity index (χ2n) is 7.29. The first-order chi connectivity index (χ1) is 12.3. The summed E-state index contributed by atoms with van der Waals surface area (Å²) < 4.78 is 6.66. The van der Waals surface area contributed by atoms with Gasteiger partial charge in [0, 0.05) is 0 Å². The van der Waals surface area contributed by atoms with Crippen molar-refractivity contribution in [2.24, 2.45) is 0 Å². The molecule has 2 aromatic carbocycles. The Morgan fingerprint density at radius 3 is 2.73 bits per heavy atom. The zero-order valence-corrected chi connectivity index (χ0v) is 16.4. The van der Waals surface area contributed by atoms with Gasteiger partial charge in [-0.15, -0.1) is 0 Å². The number of benzene rings is 2. The average Bonchev–Trinajstić information content (AvgIpc) is 3.00. The lowest BCUT2D eigenvalue weighted by molar-refractivity contribution is -0.118. The number of amides is 1. The van der Waals surface area contributed by atoms with E-state index < -0.39 is 0 Å². The number of hydrogen-bond acceptors (Lipinski definition) is 4. The largest absolute Gasteiger partial charge is 0.484 e. The van der Waals surface area contributed by atoms with Crippen LogP contribution in [0.4, 0.5) is 5.13 Å². The molecule has 0 fully saturated rings. The summed E-state index contributed by atoms with van der Waals surface area (Å²) in [5, 5.41) is 3.43. The van der Waals surface area contributed by atoms with Crippen LogP contribution in [0.15, 0.2) is 42.5 Å². The fourth-order valence-corrected chi connectivity index (χ4v) is 3.53. The molecule has 0 spiro atoms. The molecule has 136 valence electrons. The monoisotopic (exact) mass is 368 g/mol. The molecular formula is C21H24N2O2S. The van der Waals surface area contributed by atoms with Gasteiger partial charge in [0.25, 0.3) is 5.91 Å². The molecule has 0 atom stereocenters. The van der Waals surface area contributed by atoms with Crippen LogP contribution < -0.4 is 10.1 Å². The third-order valence-corrected chi connectivity index (χ3v) is 5.11. The van der Waals surface area contributed by atoms with Crippen LogP contribution in [0.5, 0.6) is 5.75 Å². The Hall–Kier alpha value is -2.40. The van der Waals surface area contributed by atoms with Crippen LogP contribution >= 0.6 is 11.3 Å². The topological polar surface area (TPSA) is 51.2 Å². The molecule has 5 heteroatoms. The first kappa shape index (κ1) is 18.4. The van der Waals surface area contributed by atoms with Crippen molar-refractivity contribution in [2.45, 2.75) is 39.5 Å². The fraction of sp³-hybridized carbons (Fsp3) is 0.333. The summed E-state index contributed by atoms with van der Waals surface area (Å²) in [6, 6.07) is 14.0. The number of fused-ring (bicyclic) bond motifs is 1. The highest BCUT2D eigenvalue weighted by molar-refractivity contribution is 7.22. The number of rotatable bonds is 5. The molecule has 0 saturated heterocycles. The number of nitrogens with zero attached hydrogens (tertiary/aromatic N) is 1. The van der Waals surface area contributed by atoms with Gasteiger partial charge in [-0.05, 0) is 47.2 Å². The molecule has 0 radical (unpaired) electrons. The summed E-state index contributed by atoms with van der Waals surface area (Å²) in [5.74, 6) is 0.501. The van der Waals surface area contributed by atoms with Crippen molar-refractivity contribution >= 4 is 32.6 Å². The minimum atomic E-state index is -0.206. The van der Waals surface area contributed by atoms with E-state index in [4.69, 9.17) is 4.74 Å². The Labute approximate surface area is 158 Å². The van der Waals surface area contributed by atoms with E-state index in [9.17, 15) is 4.79 Å². The molecule has 3 rings (SSSR count). The summed E-state index contributed by atoms with van der Waals surface area (Å²) >= 11 is 1.49. The first-order valence-electron chi connectivity index (χ1n) is 8.78. The molecule has 3 aromatic rings. The van der Waals surface area contributed by atoms with Gasteiger partial charge in [0.15, 0.2) is 11.7 Å². The van der Waals surface area contributed by atoms with Gasteiger partial charge in [-0.1, -0.05) is 57.2 Å². The average molecular weight is 369 g/mol. The highest BCUT2D eigenvalue weighted by Crippen LogP contribution is 2.31. The molecule has 1 aromatic heterocycles. The number of aryl methyl sites for hydroxylation is 1. The number of ether oxygens (including phenoxy) is 1. The SMILES string of the molecule is CCc1cccc(OCC(=O)Nc2nc3ccc(C(C)(C)C)cc3s2)c1. The van der Waals surface area contributed by atoms with Crippen LogP contribution in [-0.2, 0) is 16.6 Å². The van der Waals surface area contributed by atoms with Crippen LogP contribution in [0.3, 0.4) is 0 Å². The number of aromatic nitrogens is 1. The number of carbonyl (C=O) groups is 1. The smallest absolute Gasteiger partial charge is 0.264 e. The van der Waals surface area contributed by atoms with Gasteiger partial charge in [-0.2, -0.15) is 0 Å². The van der Waals surface area contributed by atoms with Gasteiger partial charge in [0.1, 0.15) is 5.75 Å². The summed E-state index contributed by atoms with van der Waals surface area (Å²) in [4.78, 5) is 16.7. The lowest BCUT2D eigenvalue weighted by atomic mass is 9.87. The third-order valence-electron chi connectivity index (χ3n) is 4.18. The molecule has 1 N–H and O–H groups in total. The Kier molecular flexibility index (Phi) is 5.28. The molecule has 0 bridgehead atoms. The summed E-state index contributed by atoms with van der Waals surface area (Å²) in [6.45, 7) is 8.61. The first-order valence-corrected chi connectivity index (χ1v) is 9.59. The predicted molar refractivity (Wildman–Crippen MR) is 108 cm³/mol. The summed E-state index contributed by atoms with van der Waals surface area (Å²) in [6.07, 6.45) is 0.936. The van der Waals surface area contributed by atoms with E-state index in [0.29, 0.717) is 10.9 Å². The van der Waals surface area contributed by atoms with E-state index in [2.05, 4.69) is 50.1 Å². The molecular weight excluding hydrogens is 344 g/mol. The van der Waals surface area contributed by atoms with Crippen molar-refractivity contribution in [3.8, 4) is 5.75 Å². The van der Waals surface area contributed by atoms with Crippen LogP contribution in [0, 0.1) is 0 Å². The van der Waals surface area contributed by atoms with Gasteiger partial charge in [0.05, 0.1) is 10.2 Å². The zero-order valence-electron chi connectivity index (χ0n) is 15.6. The number of nitrogens with one attached hydrogen (secondary N) is 1. The van der Waals surface area contributed by atoms with Crippen LogP contribution in [0.2, 0.25) is 0 Å². The number of hydrogen-bond donors (Lipinski definition) is 1. The minimum absolute atomic E-state index is 0.0314. The fourth-order valence-electron chi connectivity index (χ4n) is 2.60. The van der Waals surface area contributed by atoms with Crippen molar-refractivity contribution < 1.29 is 9.53 Å². The highest BCUT2D eigenvalue weighted by atomic mass is 32.1. The van der Waals surface area contributed by atoms with Crippen molar-refractivity contribution in [3.63, 3.8) is 0 Å². The highest BCUT2D eigenvalue weighted by Gasteiger charge is 2.15. The van der Waals surface area contributed by atoms with Crippen molar-refractivity contribution in [2.75, 3.05) is 11.9 Å². The second kappa shape index (κ2) is 7.46. The lowest BCUT2D eigenvalue weighted by Gasteiger charge is -2.18. The number of carbonyl (C=O) groups excluding carboxylic acids is 1. The van der Waals surface area contributed by atoms with E-state index in [1.807, 2.05) is 30.3 Å². The normalized spacial score (nSPS) is 11.5. The lowest BCUT2D eigenvalue weighted by Crippen LogP contribution is -2.20. The Bertz CT molecular complexity index is 925. The quantitative estimate of drug-likeness (QED) is 0.675. The zero-order chi connectivity index (χ0) is 18.7. The van der Waals surface area contributed by atoms with Crippen molar-refractivity contribution in [1.29, 1.82) is 0 Å². The van der Waals surface area contributed by atoms with Crippen molar-refractivity contribution in [3.05, 3.63) is 53.6 Å². The molecule has 4 nitrogen and oxygen atoms in total. The van der Waals surface area contributed by atoms with Gasteiger partial charge >= 0.3 is 0 Å². The molecule has 1 heterocycles. The molecule has 0 aliphatic carbocycles. The second-order valence-corrected chi connectivity index (χ2v) is 8.32. The van der Waals surface area contributed by atoms with Crippen LogP contribution in [-0.4, -0.2) is 17.5 Å². The van der Waals surface area contributed by atoms with Gasteiger partial charge in [-0.25, -0.2) is 4.98 Å². The Morgan fingerprint density at radius 1 is 1.19 bits per heavy atom.